The lowest BCUT2D eigenvalue weighted by Gasteiger charge is -2.00. The van der Waals surface area contributed by atoms with E-state index in [0.717, 1.165) is 11.3 Å². The SMILES string of the molecule is CCSc1ccc(-c2cc(C(=O)O)n(C)n2)cc1. The Bertz CT molecular complexity index is 561. The van der Waals surface area contributed by atoms with E-state index in [1.807, 2.05) is 24.3 Å². The van der Waals surface area contributed by atoms with Gasteiger partial charge >= 0.3 is 5.97 Å². The standard InChI is InChI=1S/C13H14N2O2S/c1-3-18-10-6-4-9(5-7-10)11-8-12(13(16)17)15(2)14-11/h4-8H,3H2,1-2H3,(H,16,17). The summed E-state index contributed by atoms with van der Waals surface area (Å²) in [5.74, 6) is 0.0703. The lowest BCUT2D eigenvalue weighted by Crippen LogP contribution is -2.04. The molecule has 0 saturated heterocycles. The molecule has 94 valence electrons. The number of benzene rings is 1. The molecule has 0 bridgehead atoms. The van der Waals surface area contributed by atoms with Gasteiger partial charge in [0.2, 0.25) is 0 Å². The second-order valence-electron chi connectivity index (χ2n) is 3.80. The van der Waals surface area contributed by atoms with Gasteiger partial charge < -0.3 is 5.11 Å². The number of aromatic nitrogens is 2. The molecule has 4 nitrogen and oxygen atoms in total. The van der Waals surface area contributed by atoms with Gasteiger partial charge in [0.05, 0.1) is 5.69 Å². The van der Waals surface area contributed by atoms with Gasteiger partial charge in [-0.2, -0.15) is 5.10 Å². The molecule has 0 spiro atoms. The number of aryl methyl sites for hydroxylation is 1. The zero-order valence-electron chi connectivity index (χ0n) is 10.3. The molecule has 0 fully saturated rings. The lowest BCUT2D eigenvalue weighted by atomic mass is 10.1. The normalized spacial score (nSPS) is 10.6. The van der Waals surface area contributed by atoms with Crippen molar-refractivity contribution in [3.63, 3.8) is 0 Å². The van der Waals surface area contributed by atoms with E-state index in [1.165, 1.54) is 9.58 Å². The van der Waals surface area contributed by atoms with Crippen molar-refractivity contribution < 1.29 is 9.90 Å². The quantitative estimate of drug-likeness (QED) is 0.861. The summed E-state index contributed by atoms with van der Waals surface area (Å²) in [6.45, 7) is 2.11. The molecule has 0 amide bonds. The number of nitrogens with zero attached hydrogens (tertiary/aromatic N) is 2. The van der Waals surface area contributed by atoms with Crippen molar-refractivity contribution in [2.24, 2.45) is 7.05 Å². The van der Waals surface area contributed by atoms with Crippen LogP contribution < -0.4 is 0 Å². The largest absolute Gasteiger partial charge is 0.477 e. The molecule has 0 aliphatic rings. The highest BCUT2D eigenvalue weighted by Crippen LogP contribution is 2.23. The summed E-state index contributed by atoms with van der Waals surface area (Å²) in [7, 11) is 1.63. The minimum Gasteiger partial charge on any atom is -0.477 e. The maximum atomic E-state index is 10.9. The van der Waals surface area contributed by atoms with Gasteiger partial charge in [-0.1, -0.05) is 19.1 Å². The van der Waals surface area contributed by atoms with E-state index in [0.29, 0.717) is 5.69 Å². The topological polar surface area (TPSA) is 55.1 Å². The monoisotopic (exact) mass is 262 g/mol. The molecule has 5 heteroatoms. The fourth-order valence-electron chi connectivity index (χ4n) is 1.70. The maximum absolute atomic E-state index is 10.9. The Morgan fingerprint density at radius 2 is 2.06 bits per heavy atom. The van der Waals surface area contributed by atoms with E-state index in [-0.39, 0.29) is 5.69 Å². The molecule has 1 aromatic heterocycles. The molecule has 2 rings (SSSR count). The third kappa shape index (κ3) is 2.56. The van der Waals surface area contributed by atoms with Gasteiger partial charge in [-0.05, 0) is 24.0 Å². The molecule has 1 aromatic carbocycles. The summed E-state index contributed by atoms with van der Waals surface area (Å²) in [5, 5.41) is 13.2. The minimum atomic E-state index is -0.964. The van der Waals surface area contributed by atoms with E-state index < -0.39 is 5.97 Å². The van der Waals surface area contributed by atoms with Crippen LogP contribution in [-0.2, 0) is 7.05 Å². The first-order chi connectivity index (χ1) is 8.61. The number of carboxylic acid groups (broad SMARTS) is 1. The number of hydrogen-bond donors (Lipinski definition) is 1. The third-order valence-corrected chi connectivity index (χ3v) is 3.45. The molecular weight excluding hydrogens is 248 g/mol. The van der Waals surface area contributed by atoms with Crippen molar-refractivity contribution in [3.8, 4) is 11.3 Å². The van der Waals surface area contributed by atoms with Crippen molar-refractivity contribution in [2.75, 3.05) is 5.75 Å². The second-order valence-corrected chi connectivity index (χ2v) is 5.14. The average molecular weight is 262 g/mol. The molecule has 1 N–H and O–H groups in total. The fourth-order valence-corrected chi connectivity index (χ4v) is 2.36. The van der Waals surface area contributed by atoms with Crippen LogP contribution in [-0.4, -0.2) is 26.6 Å². The Balaban J connectivity index is 2.31. The van der Waals surface area contributed by atoms with Crippen LogP contribution in [0.1, 0.15) is 17.4 Å². The van der Waals surface area contributed by atoms with Crippen LogP contribution in [0.15, 0.2) is 35.2 Å². The zero-order chi connectivity index (χ0) is 13.1. The van der Waals surface area contributed by atoms with Crippen molar-refractivity contribution in [1.29, 1.82) is 0 Å². The Hall–Kier alpha value is -1.75. The summed E-state index contributed by atoms with van der Waals surface area (Å²) in [4.78, 5) is 12.1. The van der Waals surface area contributed by atoms with Crippen LogP contribution in [0, 0.1) is 0 Å². The first-order valence-corrected chi connectivity index (χ1v) is 6.61. The number of rotatable bonds is 4. The van der Waals surface area contributed by atoms with Gasteiger partial charge in [0.25, 0.3) is 0 Å². The van der Waals surface area contributed by atoms with Gasteiger partial charge in [0.1, 0.15) is 5.69 Å². The van der Waals surface area contributed by atoms with E-state index in [2.05, 4.69) is 12.0 Å². The van der Waals surface area contributed by atoms with E-state index in [1.54, 1.807) is 24.9 Å². The molecule has 0 radical (unpaired) electrons. The molecule has 0 unspecified atom stereocenters. The van der Waals surface area contributed by atoms with Gasteiger partial charge in [0, 0.05) is 17.5 Å². The van der Waals surface area contributed by atoms with E-state index in [4.69, 9.17) is 5.11 Å². The van der Waals surface area contributed by atoms with Crippen LogP contribution in [0.25, 0.3) is 11.3 Å². The zero-order valence-corrected chi connectivity index (χ0v) is 11.1. The Morgan fingerprint density at radius 1 is 1.39 bits per heavy atom. The number of carboxylic acids is 1. The lowest BCUT2D eigenvalue weighted by molar-refractivity contribution is 0.0685. The molecule has 1 heterocycles. The molecule has 18 heavy (non-hydrogen) atoms. The highest BCUT2D eigenvalue weighted by molar-refractivity contribution is 7.99. The van der Waals surface area contributed by atoms with Gasteiger partial charge in [-0.25, -0.2) is 4.79 Å². The number of aromatic carboxylic acids is 1. The molecular formula is C13H14N2O2S. The number of carbonyl (C=O) groups is 1. The van der Waals surface area contributed by atoms with Gasteiger partial charge in [-0.3, -0.25) is 4.68 Å². The van der Waals surface area contributed by atoms with Crippen LogP contribution in [0.3, 0.4) is 0 Å². The summed E-state index contributed by atoms with van der Waals surface area (Å²) in [6, 6.07) is 9.57. The fraction of sp³-hybridized carbons (Fsp3) is 0.231. The molecule has 2 aromatic rings. The Morgan fingerprint density at radius 3 is 2.56 bits per heavy atom. The number of hydrogen-bond acceptors (Lipinski definition) is 3. The first kappa shape index (κ1) is 12.7. The second kappa shape index (κ2) is 5.27. The van der Waals surface area contributed by atoms with Gasteiger partial charge in [-0.15, -0.1) is 11.8 Å². The predicted octanol–water partition coefficient (Wildman–Crippen LogP) is 2.90. The summed E-state index contributed by atoms with van der Waals surface area (Å²) in [5.41, 5.74) is 1.80. The van der Waals surface area contributed by atoms with E-state index in [9.17, 15) is 4.79 Å². The third-order valence-electron chi connectivity index (χ3n) is 2.56. The predicted molar refractivity (Wildman–Crippen MR) is 72.0 cm³/mol. The maximum Gasteiger partial charge on any atom is 0.354 e. The molecule has 0 aliphatic heterocycles. The van der Waals surface area contributed by atoms with Crippen LogP contribution in [0.2, 0.25) is 0 Å². The van der Waals surface area contributed by atoms with Crippen molar-refractivity contribution in [3.05, 3.63) is 36.0 Å². The molecule has 0 atom stereocenters. The summed E-state index contributed by atoms with van der Waals surface area (Å²) >= 11 is 1.77. The first-order valence-electron chi connectivity index (χ1n) is 5.62. The smallest absolute Gasteiger partial charge is 0.354 e. The van der Waals surface area contributed by atoms with E-state index >= 15 is 0 Å². The van der Waals surface area contributed by atoms with Crippen LogP contribution in [0.5, 0.6) is 0 Å². The minimum absolute atomic E-state index is 0.192. The average Bonchev–Trinajstić information content (AvgIpc) is 2.73. The molecule has 0 saturated carbocycles. The number of thioether (sulfide) groups is 1. The van der Waals surface area contributed by atoms with Gasteiger partial charge in [0.15, 0.2) is 0 Å². The van der Waals surface area contributed by atoms with Crippen molar-refractivity contribution in [2.45, 2.75) is 11.8 Å². The van der Waals surface area contributed by atoms with Crippen molar-refractivity contribution in [1.82, 2.24) is 9.78 Å². The Kier molecular flexibility index (Phi) is 3.72. The van der Waals surface area contributed by atoms with Crippen LogP contribution >= 0.6 is 11.8 Å². The summed E-state index contributed by atoms with van der Waals surface area (Å²) < 4.78 is 1.38. The van der Waals surface area contributed by atoms with Crippen molar-refractivity contribution >= 4 is 17.7 Å². The molecule has 0 aliphatic carbocycles. The summed E-state index contributed by atoms with van der Waals surface area (Å²) in [6.07, 6.45) is 0. The van der Waals surface area contributed by atoms with Crippen LogP contribution in [0.4, 0.5) is 0 Å². The Labute approximate surface area is 110 Å². The highest BCUT2D eigenvalue weighted by Gasteiger charge is 2.12. The highest BCUT2D eigenvalue weighted by atomic mass is 32.2.